The molecule has 2 rings (SSSR count). The predicted molar refractivity (Wildman–Crippen MR) is 76.6 cm³/mol. The molecule has 0 saturated carbocycles. The lowest BCUT2D eigenvalue weighted by Crippen LogP contribution is -2.25. The molecule has 0 aliphatic carbocycles. The Hall–Kier alpha value is -2.08. The van der Waals surface area contributed by atoms with Gasteiger partial charge >= 0.3 is 0 Å². The normalized spacial score (nSPS) is 14.8. The largest absolute Gasteiger partial charge is 0.482 e. The number of carbonyl (C=O) groups is 2. The highest BCUT2D eigenvalue weighted by atomic mass is 16.5. The summed E-state index contributed by atoms with van der Waals surface area (Å²) in [4.78, 5) is 23.0. The van der Waals surface area contributed by atoms with Crippen LogP contribution in [-0.4, -0.2) is 25.0 Å². The summed E-state index contributed by atoms with van der Waals surface area (Å²) in [6, 6.07) is 5.17. The van der Waals surface area contributed by atoms with Crippen LogP contribution in [0.2, 0.25) is 0 Å². The van der Waals surface area contributed by atoms with Crippen molar-refractivity contribution in [3.05, 3.63) is 18.2 Å². The number of fused-ring (bicyclic) bond motifs is 1. The molecule has 1 heterocycles. The fourth-order valence-electron chi connectivity index (χ4n) is 1.88. The lowest BCUT2D eigenvalue weighted by Gasteiger charge is -2.18. The second kappa shape index (κ2) is 6.38. The number of carbonyl (C=O) groups excluding carboxylic acids is 2. The van der Waals surface area contributed by atoms with Crippen molar-refractivity contribution in [2.45, 2.75) is 19.8 Å². The van der Waals surface area contributed by atoms with E-state index in [-0.39, 0.29) is 18.4 Å². The molecular formula is C14H19N3O3. The van der Waals surface area contributed by atoms with Gasteiger partial charge in [-0.05, 0) is 37.1 Å². The fourth-order valence-corrected chi connectivity index (χ4v) is 1.88. The van der Waals surface area contributed by atoms with Gasteiger partial charge in [0.2, 0.25) is 5.91 Å². The molecule has 1 aromatic carbocycles. The van der Waals surface area contributed by atoms with Crippen LogP contribution in [0.1, 0.15) is 19.8 Å². The highest BCUT2D eigenvalue weighted by molar-refractivity contribution is 5.97. The average molecular weight is 277 g/mol. The van der Waals surface area contributed by atoms with Crippen molar-refractivity contribution < 1.29 is 14.3 Å². The third-order valence-electron chi connectivity index (χ3n) is 3.16. The van der Waals surface area contributed by atoms with Gasteiger partial charge in [0.15, 0.2) is 6.61 Å². The van der Waals surface area contributed by atoms with E-state index in [1.165, 1.54) is 0 Å². The summed E-state index contributed by atoms with van der Waals surface area (Å²) < 4.78 is 5.25. The van der Waals surface area contributed by atoms with E-state index in [1.807, 2.05) is 6.92 Å². The summed E-state index contributed by atoms with van der Waals surface area (Å²) in [5.74, 6) is 0.683. The van der Waals surface area contributed by atoms with Crippen LogP contribution >= 0.6 is 0 Å². The number of anilines is 2. The number of amides is 2. The van der Waals surface area contributed by atoms with E-state index in [0.29, 0.717) is 36.0 Å². The molecule has 108 valence electrons. The summed E-state index contributed by atoms with van der Waals surface area (Å²) in [6.45, 7) is 2.62. The molecule has 20 heavy (non-hydrogen) atoms. The Balaban J connectivity index is 1.95. The number of rotatable bonds is 5. The molecule has 0 spiro atoms. The molecule has 1 atom stereocenters. The zero-order valence-electron chi connectivity index (χ0n) is 11.4. The molecule has 0 radical (unpaired) electrons. The van der Waals surface area contributed by atoms with E-state index in [1.54, 1.807) is 18.2 Å². The second-order valence-electron chi connectivity index (χ2n) is 4.98. The van der Waals surface area contributed by atoms with Crippen LogP contribution < -0.4 is 21.1 Å². The zero-order chi connectivity index (χ0) is 14.5. The number of hydrogen-bond donors (Lipinski definition) is 3. The number of ether oxygens (including phenoxy) is 1. The van der Waals surface area contributed by atoms with Gasteiger partial charge < -0.3 is 21.1 Å². The zero-order valence-corrected chi connectivity index (χ0v) is 11.4. The third-order valence-corrected chi connectivity index (χ3v) is 3.16. The van der Waals surface area contributed by atoms with E-state index in [2.05, 4.69) is 10.6 Å². The van der Waals surface area contributed by atoms with Crippen LogP contribution in [0.25, 0.3) is 0 Å². The Morgan fingerprint density at radius 3 is 3.10 bits per heavy atom. The molecule has 1 aliphatic rings. The third kappa shape index (κ3) is 3.71. The quantitative estimate of drug-likeness (QED) is 0.757. The van der Waals surface area contributed by atoms with Gasteiger partial charge in [-0.25, -0.2) is 0 Å². The van der Waals surface area contributed by atoms with Crippen molar-refractivity contribution in [2.24, 2.45) is 11.7 Å². The standard InChI is InChI=1S/C14H19N3O3/c1-9(7-15)2-5-13(18)16-10-3-4-12-11(6-10)17-14(19)8-20-12/h3-4,6,9H,2,5,7-8,15H2,1H3,(H,16,18)(H,17,19). The highest BCUT2D eigenvalue weighted by Crippen LogP contribution is 2.30. The van der Waals surface area contributed by atoms with Crippen molar-refractivity contribution >= 4 is 23.2 Å². The van der Waals surface area contributed by atoms with Gasteiger partial charge in [0.25, 0.3) is 5.91 Å². The maximum absolute atomic E-state index is 11.8. The topological polar surface area (TPSA) is 93.5 Å². The second-order valence-corrected chi connectivity index (χ2v) is 4.98. The van der Waals surface area contributed by atoms with Gasteiger partial charge in [-0.1, -0.05) is 6.92 Å². The molecule has 0 bridgehead atoms. The summed E-state index contributed by atoms with van der Waals surface area (Å²) in [7, 11) is 0. The molecule has 6 nitrogen and oxygen atoms in total. The van der Waals surface area contributed by atoms with E-state index < -0.39 is 0 Å². The summed E-state index contributed by atoms with van der Waals surface area (Å²) in [5, 5.41) is 5.50. The minimum atomic E-state index is -0.197. The first-order valence-corrected chi connectivity index (χ1v) is 6.65. The van der Waals surface area contributed by atoms with E-state index in [4.69, 9.17) is 10.5 Å². The highest BCUT2D eigenvalue weighted by Gasteiger charge is 2.16. The lowest BCUT2D eigenvalue weighted by atomic mass is 10.1. The average Bonchev–Trinajstić information content (AvgIpc) is 2.44. The molecule has 1 unspecified atom stereocenters. The van der Waals surface area contributed by atoms with Gasteiger partial charge in [-0.3, -0.25) is 9.59 Å². The van der Waals surface area contributed by atoms with Crippen LogP contribution in [0, 0.1) is 5.92 Å². The molecule has 0 aromatic heterocycles. The minimum absolute atomic E-state index is 0.0235. The predicted octanol–water partition coefficient (Wildman–Crippen LogP) is 1.33. The smallest absolute Gasteiger partial charge is 0.262 e. The van der Waals surface area contributed by atoms with Crippen LogP contribution in [0.5, 0.6) is 5.75 Å². The molecule has 6 heteroatoms. The summed E-state index contributed by atoms with van der Waals surface area (Å²) in [5.41, 5.74) is 6.73. The van der Waals surface area contributed by atoms with Crippen LogP contribution in [0.15, 0.2) is 18.2 Å². The number of nitrogens with two attached hydrogens (primary N) is 1. The van der Waals surface area contributed by atoms with Gasteiger partial charge in [0, 0.05) is 12.1 Å². The first kappa shape index (κ1) is 14.3. The van der Waals surface area contributed by atoms with Crippen molar-refractivity contribution in [3.8, 4) is 5.75 Å². The molecule has 1 aliphatic heterocycles. The van der Waals surface area contributed by atoms with Crippen molar-refractivity contribution in [1.29, 1.82) is 0 Å². The molecule has 0 fully saturated rings. The van der Waals surface area contributed by atoms with E-state index in [0.717, 1.165) is 6.42 Å². The Morgan fingerprint density at radius 1 is 1.55 bits per heavy atom. The monoisotopic (exact) mass is 277 g/mol. The first-order valence-electron chi connectivity index (χ1n) is 6.65. The summed E-state index contributed by atoms with van der Waals surface area (Å²) >= 11 is 0. The Morgan fingerprint density at radius 2 is 2.35 bits per heavy atom. The van der Waals surface area contributed by atoms with Gasteiger partial charge in [0.1, 0.15) is 5.75 Å². The molecule has 2 amide bonds. The minimum Gasteiger partial charge on any atom is -0.482 e. The van der Waals surface area contributed by atoms with Crippen molar-refractivity contribution in [2.75, 3.05) is 23.8 Å². The molecule has 1 aromatic rings. The van der Waals surface area contributed by atoms with Crippen LogP contribution in [-0.2, 0) is 9.59 Å². The SMILES string of the molecule is CC(CN)CCC(=O)Nc1ccc2c(c1)NC(=O)CO2. The van der Waals surface area contributed by atoms with Crippen molar-refractivity contribution in [3.63, 3.8) is 0 Å². The first-order chi connectivity index (χ1) is 9.58. The van der Waals surface area contributed by atoms with E-state index >= 15 is 0 Å². The van der Waals surface area contributed by atoms with E-state index in [9.17, 15) is 9.59 Å². The van der Waals surface area contributed by atoms with Crippen LogP contribution in [0.4, 0.5) is 11.4 Å². The summed E-state index contributed by atoms with van der Waals surface area (Å²) in [6.07, 6.45) is 1.19. The Labute approximate surface area is 117 Å². The molecular weight excluding hydrogens is 258 g/mol. The van der Waals surface area contributed by atoms with Crippen LogP contribution in [0.3, 0.4) is 0 Å². The number of nitrogens with one attached hydrogen (secondary N) is 2. The maximum atomic E-state index is 11.8. The van der Waals surface area contributed by atoms with Gasteiger partial charge in [0.05, 0.1) is 5.69 Å². The van der Waals surface area contributed by atoms with Crippen molar-refractivity contribution in [1.82, 2.24) is 0 Å². The number of benzene rings is 1. The Kier molecular flexibility index (Phi) is 4.57. The lowest BCUT2D eigenvalue weighted by molar-refractivity contribution is -0.118. The molecule has 0 saturated heterocycles. The van der Waals surface area contributed by atoms with Gasteiger partial charge in [-0.15, -0.1) is 0 Å². The maximum Gasteiger partial charge on any atom is 0.262 e. The Bertz CT molecular complexity index is 516. The number of hydrogen-bond acceptors (Lipinski definition) is 4. The van der Waals surface area contributed by atoms with Gasteiger partial charge in [-0.2, -0.15) is 0 Å². The fraction of sp³-hybridized carbons (Fsp3) is 0.429. The molecule has 4 N–H and O–H groups in total.